The number of hydrogen-bond acceptors (Lipinski definition) is 3. The van der Waals surface area contributed by atoms with E-state index in [0.717, 1.165) is 11.3 Å². The summed E-state index contributed by atoms with van der Waals surface area (Å²) in [5.41, 5.74) is 6.70. The van der Waals surface area contributed by atoms with Gasteiger partial charge in [0.2, 0.25) is 11.8 Å². The number of benzene rings is 1. The first-order chi connectivity index (χ1) is 10.5. The lowest BCUT2D eigenvalue weighted by Gasteiger charge is -2.00. The number of primary amides is 1. The summed E-state index contributed by atoms with van der Waals surface area (Å²) < 4.78 is 14.6. The number of hydrogen-bond donors (Lipinski definition) is 2. The van der Waals surface area contributed by atoms with Crippen LogP contribution in [0.25, 0.3) is 11.3 Å². The van der Waals surface area contributed by atoms with Gasteiger partial charge in [-0.15, -0.1) is 0 Å². The van der Waals surface area contributed by atoms with Crippen molar-refractivity contribution in [3.05, 3.63) is 36.1 Å². The summed E-state index contributed by atoms with van der Waals surface area (Å²) in [4.78, 5) is 23.0. The monoisotopic (exact) mass is 302 g/mol. The van der Waals surface area contributed by atoms with Crippen LogP contribution in [0.1, 0.15) is 6.42 Å². The maximum Gasteiger partial charge on any atom is 0.229 e. The Hall–Kier alpha value is -2.70. The van der Waals surface area contributed by atoms with E-state index >= 15 is 0 Å². The Morgan fingerprint density at radius 1 is 1.32 bits per heavy atom. The Morgan fingerprint density at radius 3 is 2.59 bits per heavy atom. The zero-order valence-corrected chi connectivity index (χ0v) is 11.9. The molecule has 3 N–H and O–H groups in total. The fourth-order valence-corrected chi connectivity index (χ4v) is 2.44. The second kappa shape index (κ2) is 5.25. The molecule has 2 atom stereocenters. The minimum Gasteiger partial charge on any atom is -0.369 e. The fraction of sp³-hybridized carbons (Fsp3) is 0.267. The fourth-order valence-electron chi connectivity index (χ4n) is 2.44. The van der Waals surface area contributed by atoms with Gasteiger partial charge in [0, 0.05) is 18.7 Å². The molecule has 1 saturated carbocycles. The van der Waals surface area contributed by atoms with Crippen LogP contribution < -0.4 is 11.1 Å². The van der Waals surface area contributed by atoms with Crippen LogP contribution in [-0.2, 0) is 16.6 Å². The maximum atomic E-state index is 13.0. The molecule has 0 aliphatic heterocycles. The SMILES string of the molecule is Cn1nc(NC(=O)[C@@H]2C[C@@H]2C(N)=O)cc1-c1ccc(F)cc1. The van der Waals surface area contributed by atoms with Crippen molar-refractivity contribution in [3.8, 4) is 11.3 Å². The number of nitrogens with one attached hydrogen (secondary N) is 1. The van der Waals surface area contributed by atoms with E-state index in [1.54, 1.807) is 29.9 Å². The molecule has 0 radical (unpaired) electrons. The van der Waals surface area contributed by atoms with Crippen LogP contribution >= 0.6 is 0 Å². The lowest BCUT2D eigenvalue weighted by Crippen LogP contribution is -2.20. The zero-order valence-electron chi connectivity index (χ0n) is 11.9. The normalized spacial score (nSPS) is 19.7. The standard InChI is InChI=1S/C15H15FN4O2/c1-20-12(8-2-4-9(16)5-3-8)7-13(19-20)18-15(22)11-6-10(11)14(17)21/h2-5,7,10-11H,6H2,1H3,(H2,17,21)(H,18,19,22)/t10-,11+/m0/s1. The van der Waals surface area contributed by atoms with E-state index in [1.165, 1.54) is 12.1 Å². The van der Waals surface area contributed by atoms with E-state index in [4.69, 9.17) is 5.73 Å². The molecule has 0 spiro atoms. The topological polar surface area (TPSA) is 90.0 Å². The van der Waals surface area contributed by atoms with Gasteiger partial charge < -0.3 is 11.1 Å². The first-order valence-electron chi connectivity index (χ1n) is 6.86. The molecule has 6 nitrogen and oxygen atoms in total. The Bertz CT molecular complexity index is 739. The number of halogens is 1. The molecule has 1 fully saturated rings. The quantitative estimate of drug-likeness (QED) is 0.891. The smallest absolute Gasteiger partial charge is 0.229 e. The van der Waals surface area contributed by atoms with Crippen molar-refractivity contribution in [3.63, 3.8) is 0 Å². The Morgan fingerprint density at radius 2 is 2.00 bits per heavy atom. The number of carbonyl (C=O) groups is 2. The Balaban J connectivity index is 1.74. The highest BCUT2D eigenvalue weighted by molar-refractivity contribution is 5.98. The number of nitrogens with two attached hydrogens (primary N) is 1. The molecule has 1 aliphatic carbocycles. The van der Waals surface area contributed by atoms with Crippen molar-refractivity contribution in [2.24, 2.45) is 24.6 Å². The van der Waals surface area contributed by atoms with Crippen molar-refractivity contribution >= 4 is 17.6 Å². The first kappa shape index (κ1) is 14.2. The molecule has 0 bridgehead atoms. The van der Waals surface area contributed by atoms with Crippen molar-refractivity contribution < 1.29 is 14.0 Å². The molecule has 0 saturated heterocycles. The lowest BCUT2D eigenvalue weighted by molar-refractivity contribution is -0.123. The highest BCUT2D eigenvalue weighted by Gasteiger charge is 2.47. The van der Waals surface area contributed by atoms with Crippen LogP contribution in [0.3, 0.4) is 0 Å². The summed E-state index contributed by atoms with van der Waals surface area (Å²) in [5, 5.41) is 6.88. The third-order valence-corrected chi connectivity index (χ3v) is 3.76. The molecule has 22 heavy (non-hydrogen) atoms. The van der Waals surface area contributed by atoms with Crippen molar-refractivity contribution in [2.45, 2.75) is 6.42 Å². The largest absolute Gasteiger partial charge is 0.369 e. The summed E-state index contributed by atoms with van der Waals surface area (Å²) in [6.07, 6.45) is 0.485. The molecule has 1 aliphatic rings. The van der Waals surface area contributed by atoms with Gasteiger partial charge in [0.1, 0.15) is 5.82 Å². The number of rotatable bonds is 4. The third-order valence-electron chi connectivity index (χ3n) is 3.76. The van der Waals surface area contributed by atoms with Crippen LogP contribution in [0.15, 0.2) is 30.3 Å². The first-order valence-corrected chi connectivity index (χ1v) is 6.86. The van der Waals surface area contributed by atoms with Crippen LogP contribution in [0.4, 0.5) is 10.2 Å². The highest BCUT2D eigenvalue weighted by atomic mass is 19.1. The van der Waals surface area contributed by atoms with Crippen LogP contribution in [0.5, 0.6) is 0 Å². The molecule has 0 unspecified atom stereocenters. The zero-order chi connectivity index (χ0) is 15.9. The van der Waals surface area contributed by atoms with Gasteiger partial charge in [-0.1, -0.05) is 0 Å². The number of amides is 2. The van der Waals surface area contributed by atoms with Crippen molar-refractivity contribution in [1.29, 1.82) is 0 Å². The van der Waals surface area contributed by atoms with Gasteiger partial charge in [-0.05, 0) is 30.7 Å². The van der Waals surface area contributed by atoms with Crippen molar-refractivity contribution in [1.82, 2.24) is 9.78 Å². The molecule has 1 heterocycles. The summed E-state index contributed by atoms with van der Waals surface area (Å²) in [5.74, 6) is -1.37. The number of anilines is 1. The highest BCUT2D eigenvalue weighted by Crippen LogP contribution is 2.39. The summed E-state index contributed by atoms with van der Waals surface area (Å²) in [6.45, 7) is 0. The van der Waals surface area contributed by atoms with Gasteiger partial charge in [-0.25, -0.2) is 4.39 Å². The summed E-state index contributed by atoms with van der Waals surface area (Å²) in [6, 6.07) is 7.71. The molecule has 1 aromatic carbocycles. The summed E-state index contributed by atoms with van der Waals surface area (Å²) in [7, 11) is 1.73. The minimum atomic E-state index is -0.451. The second-order valence-corrected chi connectivity index (χ2v) is 5.39. The molecule has 1 aromatic heterocycles. The van der Waals surface area contributed by atoms with Crippen molar-refractivity contribution in [2.75, 3.05) is 5.32 Å². The molecule has 114 valence electrons. The Labute approximate surface area is 126 Å². The second-order valence-electron chi connectivity index (χ2n) is 5.39. The van der Waals surface area contributed by atoms with E-state index in [-0.39, 0.29) is 23.6 Å². The van der Waals surface area contributed by atoms with Gasteiger partial charge in [-0.2, -0.15) is 5.10 Å². The van der Waals surface area contributed by atoms with E-state index in [0.29, 0.717) is 12.2 Å². The van der Waals surface area contributed by atoms with Crippen LogP contribution in [-0.4, -0.2) is 21.6 Å². The van der Waals surface area contributed by atoms with Crippen LogP contribution in [0, 0.1) is 17.7 Å². The molecular weight excluding hydrogens is 287 g/mol. The van der Waals surface area contributed by atoms with Gasteiger partial charge in [0.25, 0.3) is 0 Å². The average molecular weight is 302 g/mol. The van der Waals surface area contributed by atoms with Gasteiger partial charge >= 0.3 is 0 Å². The molecule has 7 heteroatoms. The number of carbonyl (C=O) groups excluding carboxylic acids is 2. The van der Waals surface area contributed by atoms with E-state index in [9.17, 15) is 14.0 Å². The molecule has 3 rings (SSSR count). The van der Waals surface area contributed by atoms with E-state index in [1.807, 2.05) is 0 Å². The molecule has 2 amide bonds. The third kappa shape index (κ3) is 2.69. The molecule has 2 aromatic rings. The number of aryl methyl sites for hydroxylation is 1. The minimum absolute atomic E-state index is 0.257. The lowest BCUT2D eigenvalue weighted by atomic mass is 10.1. The van der Waals surface area contributed by atoms with Gasteiger partial charge in [-0.3, -0.25) is 14.3 Å². The predicted octanol–water partition coefficient (Wildman–Crippen LogP) is 1.29. The molecular formula is C15H15FN4O2. The van der Waals surface area contributed by atoms with E-state index in [2.05, 4.69) is 10.4 Å². The summed E-state index contributed by atoms with van der Waals surface area (Å²) >= 11 is 0. The average Bonchev–Trinajstić information content (AvgIpc) is 3.19. The van der Waals surface area contributed by atoms with Crippen LogP contribution in [0.2, 0.25) is 0 Å². The number of aromatic nitrogens is 2. The predicted molar refractivity (Wildman–Crippen MR) is 78.0 cm³/mol. The Kier molecular flexibility index (Phi) is 3.40. The van der Waals surface area contributed by atoms with E-state index < -0.39 is 5.91 Å². The number of nitrogens with zero attached hydrogens (tertiary/aromatic N) is 2. The van der Waals surface area contributed by atoms with Gasteiger partial charge in [0.05, 0.1) is 17.5 Å². The maximum absolute atomic E-state index is 13.0. The van der Waals surface area contributed by atoms with Gasteiger partial charge in [0.15, 0.2) is 5.82 Å².